The minimum Gasteiger partial charge on any atom is -0.392 e. The zero-order valence-corrected chi connectivity index (χ0v) is 13.6. The summed E-state index contributed by atoms with van der Waals surface area (Å²) in [5.74, 6) is 1.27. The van der Waals surface area contributed by atoms with Gasteiger partial charge in [-0.15, -0.1) is 11.8 Å². The zero-order chi connectivity index (χ0) is 15.4. The lowest BCUT2D eigenvalue weighted by molar-refractivity contribution is -0.120. The Hall–Kier alpha value is -1.04. The summed E-state index contributed by atoms with van der Waals surface area (Å²) in [6.45, 7) is 2.16. The van der Waals surface area contributed by atoms with Crippen LogP contribution in [0, 0.1) is 0 Å². The number of hydrogen-bond acceptors (Lipinski definition) is 4. The standard InChI is InChI=1S/C17H24N2O2S/c20-15-9-14(10-18-17(21)16-7-4-8-22-16)19(12-15)11-13-5-2-1-3-6-13/h1-3,5-6,14-16,20H,4,7-12H2,(H,18,21). The van der Waals surface area contributed by atoms with E-state index in [1.807, 2.05) is 18.2 Å². The minimum atomic E-state index is -0.286. The predicted molar refractivity (Wildman–Crippen MR) is 89.8 cm³/mol. The van der Waals surface area contributed by atoms with Crippen LogP contribution in [0.2, 0.25) is 0 Å². The molecule has 120 valence electrons. The molecule has 22 heavy (non-hydrogen) atoms. The third-order valence-corrected chi connectivity index (χ3v) is 5.84. The number of β-amino-alcohol motifs (C(OH)–C–C–N with tert-alkyl or cyclic N) is 1. The van der Waals surface area contributed by atoms with Gasteiger partial charge in [0.2, 0.25) is 5.91 Å². The van der Waals surface area contributed by atoms with Gasteiger partial charge in [-0.25, -0.2) is 0 Å². The Kier molecular flexibility index (Phi) is 5.39. The monoisotopic (exact) mass is 320 g/mol. The number of hydrogen-bond donors (Lipinski definition) is 2. The van der Waals surface area contributed by atoms with Crippen LogP contribution in [0.5, 0.6) is 0 Å². The van der Waals surface area contributed by atoms with E-state index in [9.17, 15) is 9.90 Å². The molecule has 2 saturated heterocycles. The molecule has 3 atom stereocenters. The quantitative estimate of drug-likeness (QED) is 0.866. The number of aliphatic hydroxyl groups is 1. The molecular formula is C17H24N2O2S. The molecule has 2 aliphatic rings. The van der Waals surface area contributed by atoms with E-state index in [-0.39, 0.29) is 23.3 Å². The van der Waals surface area contributed by atoms with E-state index in [1.165, 1.54) is 5.56 Å². The van der Waals surface area contributed by atoms with Gasteiger partial charge in [0, 0.05) is 25.7 Å². The van der Waals surface area contributed by atoms with Gasteiger partial charge in [0.15, 0.2) is 0 Å². The zero-order valence-electron chi connectivity index (χ0n) is 12.8. The van der Waals surface area contributed by atoms with Crippen LogP contribution in [-0.4, -0.2) is 52.2 Å². The summed E-state index contributed by atoms with van der Waals surface area (Å²) in [6, 6.07) is 10.5. The minimum absolute atomic E-state index is 0.133. The Balaban J connectivity index is 1.53. The number of carbonyl (C=O) groups is 1. The van der Waals surface area contributed by atoms with Gasteiger partial charge in [0.1, 0.15) is 0 Å². The van der Waals surface area contributed by atoms with Gasteiger partial charge in [-0.05, 0) is 30.6 Å². The Morgan fingerprint density at radius 1 is 1.36 bits per heavy atom. The van der Waals surface area contributed by atoms with Crippen molar-refractivity contribution in [3.05, 3.63) is 35.9 Å². The summed E-state index contributed by atoms with van der Waals surface area (Å²) < 4.78 is 0. The van der Waals surface area contributed by atoms with E-state index in [2.05, 4.69) is 22.3 Å². The molecule has 2 fully saturated rings. The number of nitrogens with one attached hydrogen (secondary N) is 1. The fourth-order valence-electron chi connectivity index (χ4n) is 3.30. The first-order valence-corrected chi connectivity index (χ1v) is 9.12. The summed E-state index contributed by atoms with van der Waals surface area (Å²) in [5, 5.41) is 13.2. The fraction of sp³-hybridized carbons (Fsp3) is 0.588. The van der Waals surface area contributed by atoms with Crippen molar-refractivity contribution in [1.82, 2.24) is 10.2 Å². The first-order chi connectivity index (χ1) is 10.7. The molecule has 5 heteroatoms. The number of carbonyl (C=O) groups excluding carboxylic acids is 1. The van der Waals surface area contributed by atoms with Gasteiger partial charge in [0.25, 0.3) is 0 Å². The van der Waals surface area contributed by atoms with Gasteiger partial charge in [-0.3, -0.25) is 9.69 Å². The topological polar surface area (TPSA) is 52.6 Å². The van der Waals surface area contributed by atoms with Crippen LogP contribution < -0.4 is 5.32 Å². The maximum Gasteiger partial charge on any atom is 0.233 e. The number of benzene rings is 1. The first-order valence-electron chi connectivity index (χ1n) is 8.08. The summed E-state index contributed by atoms with van der Waals surface area (Å²) in [5.41, 5.74) is 1.25. The third kappa shape index (κ3) is 4.03. The lowest BCUT2D eigenvalue weighted by Gasteiger charge is -2.25. The first kappa shape index (κ1) is 15.8. The number of amides is 1. The second kappa shape index (κ2) is 7.49. The number of rotatable bonds is 5. The molecular weight excluding hydrogens is 296 g/mol. The molecule has 0 saturated carbocycles. The molecule has 1 amide bonds. The molecule has 1 aromatic rings. The number of thioether (sulfide) groups is 1. The Morgan fingerprint density at radius 2 is 2.18 bits per heavy atom. The van der Waals surface area contributed by atoms with Crippen molar-refractivity contribution in [2.75, 3.05) is 18.8 Å². The Morgan fingerprint density at radius 3 is 2.91 bits per heavy atom. The molecule has 0 aliphatic carbocycles. The van der Waals surface area contributed by atoms with Crippen LogP contribution in [0.1, 0.15) is 24.8 Å². The molecule has 3 unspecified atom stereocenters. The molecule has 1 aromatic carbocycles. The summed E-state index contributed by atoms with van der Waals surface area (Å²) in [6.07, 6.45) is 2.60. The largest absolute Gasteiger partial charge is 0.392 e. The van der Waals surface area contributed by atoms with Crippen LogP contribution in [0.3, 0.4) is 0 Å². The predicted octanol–water partition coefficient (Wildman–Crippen LogP) is 1.63. The Bertz CT molecular complexity index is 491. The molecule has 2 N–H and O–H groups in total. The average molecular weight is 320 g/mol. The van der Waals surface area contributed by atoms with Crippen molar-refractivity contribution in [3.8, 4) is 0 Å². The second-order valence-electron chi connectivity index (χ2n) is 6.21. The second-order valence-corrected chi connectivity index (χ2v) is 7.52. The SMILES string of the molecule is O=C(NCC1CC(O)CN1Cc1ccccc1)C1CCCS1. The summed E-state index contributed by atoms with van der Waals surface area (Å²) >= 11 is 1.76. The fourth-order valence-corrected chi connectivity index (χ4v) is 4.48. The molecule has 0 spiro atoms. The number of nitrogens with zero attached hydrogens (tertiary/aromatic N) is 1. The van der Waals surface area contributed by atoms with E-state index >= 15 is 0 Å². The van der Waals surface area contributed by atoms with E-state index in [1.54, 1.807) is 11.8 Å². The van der Waals surface area contributed by atoms with Gasteiger partial charge in [0.05, 0.1) is 11.4 Å². The van der Waals surface area contributed by atoms with Crippen molar-refractivity contribution in [1.29, 1.82) is 0 Å². The molecule has 0 radical (unpaired) electrons. The smallest absolute Gasteiger partial charge is 0.233 e. The summed E-state index contributed by atoms with van der Waals surface area (Å²) in [4.78, 5) is 14.4. The van der Waals surface area contributed by atoms with Crippen molar-refractivity contribution in [3.63, 3.8) is 0 Å². The van der Waals surface area contributed by atoms with E-state index in [0.29, 0.717) is 13.1 Å². The lowest BCUT2D eigenvalue weighted by atomic mass is 10.1. The number of aliphatic hydroxyl groups excluding tert-OH is 1. The maximum atomic E-state index is 12.1. The molecule has 2 heterocycles. The normalized spacial score (nSPS) is 28.9. The molecule has 2 aliphatic heterocycles. The van der Waals surface area contributed by atoms with Crippen molar-refractivity contribution < 1.29 is 9.90 Å². The molecule has 3 rings (SSSR count). The van der Waals surface area contributed by atoms with Crippen molar-refractivity contribution in [2.24, 2.45) is 0 Å². The highest BCUT2D eigenvalue weighted by atomic mass is 32.2. The highest BCUT2D eigenvalue weighted by Gasteiger charge is 2.32. The molecule has 0 bridgehead atoms. The third-order valence-electron chi connectivity index (χ3n) is 4.47. The van der Waals surface area contributed by atoms with Crippen molar-refractivity contribution in [2.45, 2.75) is 43.2 Å². The average Bonchev–Trinajstić information content (AvgIpc) is 3.16. The van der Waals surface area contributed by atoms with Gasteiger partial charge < -0.3 is 10.4 Å². The van der Waals surface area contributed by atoms with E-state index in [0.717, 1.165) is 31.6 Å². The molecule has 4 nitrogen and oxygen atoms in total. The Labute approximate surface area is 136 Å². The van der Waals surface area contributed by atoms with Crippen LogP contribution >= 0.6 is 11.8 Å². The summed E-state index contributed by atoms with van der Waals surface area (Å²) in [7, 11) is 0. The van der Waals surface area contributed by atoms with Gasteiger partial charge in [-0.2, -0.15) is 0 Å². The van der Waals surface area contributed by atoms with Gasteiger partial charge in [-0.1, -0.05) is 30.3 Å². The highest BCUT2D eigenvalue weighted by molar-refractivity contribution is 8.00. The number of likely N-dealkylation sites (tertiary alicyclic amines) is 1. The van der Waals surface area contributed by atoms with Crippen LogP contribution in [0.25, 0.3) is 0 Å². The maximum absolute atomic E-state index is 12.1. The van der Waals surface area contributed by atoms with E-state index < -0.39 is 0 Å². The lowest BCUT2D eigenvalue weighted by Crippen LogP contribution is -2.42. The van der Waals surface area contributed by atoms with Crippen LogP contribution in [0.4, 0.5) is 0 Å². The highest BCUT2D eigenvalue weighted by Crippen LogP contribution is 2.26. The van der Waals surface area contributed by atoms with Crippen molar-refractivity contribution >= 4 is 17.7 Å². The van der Waals surface area contributed by atoms with Gasteiger partial charge >= 0.3 is 0 Å². The molecule has 0 aromatic heterocycles. The van der Waals surface area contributed by atoms with Crippen LogP contribution in [-0.2, 0) is 11.3 Å². The van der Waals surface area contributed by atoms with E-state index in [4.69, 9.17) is 0 Å². The van der Waals surface area contributed by atoms with Crippen LogP contribution in [0.15, 0.2) is 30.3 Å².